The van der Waals surface area contributed by atoms with Crippen molar-refractivity contribution < 1.29 is 0 Å². The monoisotopic (exact) mass is 272 g/mol. The Morgan fingerprint density at radius 3 is 1.73 bits per heavy atom. The van der Waals surface area contributed by atoms with Crippen LogP contribution in [0.3, 0.4) is 0 Å². The zero-order chi connectivity index (χ0) is 11.9. The van der Waals surface area contributed by atoms with Crippen LogP contribution in [0.25, 0.3) is 0 Å². The molecule has 0 aromatic rings. The van der Waals surface area contributed by atoms with Crippen LogP contribution >= 0.6 is 0 Å². The summed E-state index contributed by atoms with van der Waals surface area (Å²) < 4.78 is 0.968. The summed E-state index contributed by atoms with van der Waals surface area (Å²) in [4.78, 5) is 0. The average Bonchev–Trinajstić information content (AvgIpc) is 1.99. The molecular weight excluding hydrogens is 243 g/mol. The van der Waals surface area contributed by atoms with E-state index in [1.54, 1.807) is 0 Å². The Bertz CT molecular complexity index is 206. The van der Waals surface area contributed by atoms with Gasteiger partial charge in [0.05, 0.1) is 0 Å². The van der Waals surface area contributed by atoms with Gasteiger partial charge in [0.25, 0.3) is 0 Å². The third-order valence-electron chi connectivity index (χ3n) is 4.06. The molecule has 4 atom stereocenters. The van der Waals surface area contributed by atoms with Gasteiger partial charge in [0.2, 0.25) is 0 Å². The summed E-state index contributed by atoms with van der Waals surface area (Å²) in [5, 5.41) is 0. The van der Waals surface area contributed by atoms with Crippen LogP contribution in [0.15, 0.2) is 0 Å². The molecular formula is C14H29As. The van der Waals surface area contributed by atoms with E-state index >= 15 is 0 Å². The molecule has 0 aromatic carbocycles. The zero-order valence-electron chi connectivity index (χ0n) is 11.4. The predicted octanol–water partition coefficient (Wildman–Crippen LogP) is 3.92. The number of hydrogen-bond acceptors (Lipinski definition) is 0. The van der Waals surface area contributed by atoms with Gasteiger partial charge in [-0.25, -0.2) is 0 Å². The molecule has 1 fully saturated rings. The van der Waals surface area contributed by atoms with Gasteiger partial charge in [-0.2, -0.15) is 0 Å². The first-order valence-electron chi connectivity index (χ1n) is 6.39. The van der Waals surface area contributed by atoms with E-state index in [2.05, 4.69) is 41.5 Å². The van der Waals surface area contributed by atoms with Gasteiger partial charge in [0.15, 0.2) is 0 Å². The molecule has 1 rings (SSSR count). The second-order valence-electron chi connectivity index (χ2n) is 7.46. The molecule has 0 saturated heterocycles. The molecule has 0 N–H and O–H groups in total. The van der Waals surface area contributed by atoms with Gasteiger partial charge in [-0.15, -0.1) is 0 Å². The first-order valence-corrected chi connectivity index (χ1v) is 7.79. The van der Waals surface area contributed by atoms with E-state index in [9.17, 15) is 0 Å². The Kier molecular flexibility index (Phi) is 4.03. The molecule has 1 aliphatic carbocycles. The molecule has 1 saturated carbocycles. The normalized spacial score (nSPS) is 34.2. The van der Waals surface area contributed by atoms with Gasteiger partial charge in [-0.3, -0.25) is 0 Å². The predicted molar refractivity (Wildman–Crippen MR) is 72.0 cm³/mol. The summed E-state index contributed by atoms with van der Waals surface area (Å²) in [6.45, 7) is 14.6. The van der Waals surface area contributed by atoms with Crippen LogP contribution < -0.4 is 0 Å². The van der Waals surface area contributed by atoms with Gasteiger partial charge >= 0.3 is 105 Å². The van der Waals surface area contributed by atoms with E-state index in [-0.39, 0.29) is 0 Å². The molecule has 0 bridgehead atoms. The van der Waals surface area contributed by atoms with Crippen molar-refractivity contribution in [2.75, 3.05) is 0 Å². The van der Waals surface area contributed by atoms with Crippen LogP contribution in [-0.4, -0.2) is 16.9 Å². The van der Waals surface area contributed by atoms with Crippen molar-refractivity contribution in [3.63, 3.8) is 0 Å². The van der Waals surface area contributed by atoms with Crippen molar-refractivity contribution in [3.8, 4) is 0 Å². The first kappa shape index (κ1) is 13.6. The molecule has 4 unspecified atom stereocenters. The van der Waals surface area contributed by atoms with E-state index in [4.69, 9.17) is 0 Å². The van der Waals surface area contributed by atoms with Crippen molar-refractivity contribution in [2.45, 2.75) is 65.5 Å². The number of rotatable bonds is 0. The molecule has 15 heavy (non-hydrogen) atoms. The molecule has 1 heteroatoms. The van der Waals surface area contributed by atoms with E-state index in [0.29, 0.717) is 10.8 Å². The molecule has 0 radical (unpaired) electrons. The molecule has 0 aliphatic heterocycles. The minimum atomic E-state index is 0.486. The van der Waals surface area contributed by atoms with Crippen LogP contribution in [0, 0.1) is 22.7 Å². The van der Waals surface area contributed by atoms with Crippen LogP contribution in [0.5, 0.6) is 0 Å². The summed E-state index contributed by atoms with van der Waals surface area (Å²) in [5.41, 5.74) is 0.974. The van der Waals surface area contributed by atoms with Crippen molar-refractivity contribution in [1.82, 2.24) is 0 Å². The summed E-state index contributed by atoms with van der Waals surface area (Å²) in [7, 11) is 0. The van der Waals surface area contributed by atoms with Crippen molar-refractivity contribution >= 4 is 16.9 Å². The Morgan fingerprint density at radius 2 is 1.40 bits per heavy atom. The second-order valence-corrected chi connectivity index (χ2v) is 9.26. The molecule has 0 amide bonds. The van der Waals surface area contributed by atoms with Crippen molar-refractivity contribution in [2.24, 2.45) is 22.7 Å². The van der Waals surface area contributed by atoms with Crippen LogP contribution in [-0.2, 0) is 0 Å². The fraction of sp³-hybridized carbons (Fsp3) is 1.00. The molecule has 0 aromatic heterocycles. The summed E-state index contributed by atoms with van der Waals surface area (Å²) in [5.74, 6) is 1.84. The standard InChI is InChI=1S/C14H29As/c1-13(2,3)10-8-7-9-11(15)12(10)14(4,5)6/h10-12H,7-9,15H2,1-6H3. The van der Waals surface area contributed by atoms with Crippen molar-refractivity contribution in [1.29, 1.82) is 0 Å². The van der Waals surface area contributed by atoms with Crippen LogP contribution in [0.2, 0.25) is 4.71 Å². The summed E-state index contributed by atoms with van der Waals surface area (Å²) in [6, 6.07) is 0. The van der Waals surface area contributed by atoms with E-state index < -0.39 is 0 Å². The fourth-order valence-electron chi connectivity index (χ4n) is 3.45. The quantitative estimate of drug-likeness (QED) is 0.586. The van der Waals surface area contributed by atoms with Crippen LogP contribution in [0.1, 0.15) is 60.8 Å². The Morgan fingerprint density at radius 1 is 0.867 bits per heavy atom. The van der Waals surface area contributed by atoms with Gasteiger partial charge in [0.1, 0.15) is 0 Å². The minimum absolute atomic E-state index is 0.486. The molecule has 1 aliphatic rings. The van der Waals surface area contributed by atoms with Crippen LogP contribution in [0.4, 0.5) is 0 Å². The summed E-state index contributed by atoms with van der Waals surface area (Å²) >= 11 is 1.98. The molecule has 0 nitrogen and oxygen atoms in total. The zero-order valence-corrected chi connectivity index (χ0v) is 13.9. The SMILES string of the molecule is CC(C)(C)C1CCCC([AsH2])C1C(C)(C)C. The van der Waals surface area contributed by atoms with E-state index in [1.165, 1.54) is 19.3 Å². The van der Waals surface area contributed by atoms with Gasteiger partial charge in [0, 0.05) is 0 Å². The Hall–Kier alpha value is 0.558. The maximum absolute atomic E-state index is 2.44. The molecule has 90 valence electrons. The average molecular weight is 272 g/mol. The fourth-order valence-corrected chi connectivity index (χ4v) is 5.72. The van der Waals surface area contributed by atoms with Gasteiger partial charge < -0.3 is 0 Å². The topological polar surface area (TPSA) is 0 Å². The maximum atomic E-state index is 2.44. The first-order chi connectivity index (χ1) is 6.64. The Balaban J connectivity index is 2.93. The Labute approximate surface area is 105 Å². The third-order valence-corrected chi connectivity index (χ3v) is 5.63. The van der Waals surface area contributed by atoms with E-state index in [0.717, 1.165) is 16.5 Å². The molecule has 0 spiro atoms. The summed E-state index contributed by atoms with van der Waals surface area (Å²) in [6.07, 6.45) is 4.37. The van der Waals surface area contributed by atoms with Gasteiger partial charge in [-0.1, -0.05) is 0 Å². The second kappa shape index (κ2) is 4.44. The molecule has 0 heterocycles. The third kappa shape index (κ3) is 3.26. The number of hydrogen-bond donors (Lipinski definition) is 0. The van der Waals surface area contributed by atoms with Gasteiger partial charge in [-0.05, 0) is 0 Å². The van der Waals surface area contributed by atoms with E-state index in [1.807, 2.05) is 16.9 Å². The van der Waals surface area contributed by atoms with Crippen molar-refractivity contribution in [3.05, 3.63) is 0 Å².